The van der Waals surface area contributed by atoms with Gasteiger partial charge in [-0.05, 0) is 0 Å². The Hall–Kier alpha value is -2.12. The van der Waals surface area contributed by atoms with Crippen LogP contribution in [0.4, 0.5) is 22.0 Å². The lowest BCUT2D eigenvalue weighted by molar-refractivity contribution is -0.131. The molecule has 0 heterocycles. The molecule has 8 heteroatoms. The van der Waals surface area contributed by atoms with E-state index in [1.807, 2.05) is 0 Å². The van der Waals surface area contributed by atoms with E-state index in [2.05, 4.69) is 6.58 Å². The SMILES string of the molecule is C=CC(=O)O.Oc1c(F)c(F)c(F)c(F)c1F. The van der Waals surface area contributed by atoms with Crippen LogP contribution in [-0.2, 0) is 4.79 Å². The maximum atomic E-state index is 12.2. The molecular formula is C9H5F5O3. The van der Waals surface area contributed by atoms with Crippen LogP contribution in [0.5, 0.6) is 5.75 Å². The summed E-state index contributed by atoms with van der Waals surface area (Å²) in [5, 5.41) is 15.9. The van der Waals surface area contributed by atoms with Gasteiger partial charge in [-0.1, -0.05) is 6.58 Å². The maximum Gasteiger partial charge on any atom is 0.327 e. The monoisotopic (exact) mass is 256 g/mol. The molecule has 1 aromatic rings. The van der Waals surface area contributed by atoms with Crippen LogP contribution >= 0.6 is 0 Å². The molecule has 0 saturated heterocycles. The minimum Gasteiger partial charge on any atom is -0.503 e. The molecule has 2 N–H and O–H groups in total. The first-order chi connectivity index (χ1) is 7.73. The Labute approximate surface area is 91.4 Å². The summed E-state index contributed by atoms with van der Waals surface area (Å²) in [4.78, 5) is 9.25. The molecular weight excluding hydrogens is 251 g/mol. The molecule has 3 nitrogen and oxygen atoms in total. The molecule has 0 spiro atoms. The van der Waals surface area contributed by atoms with Gasteiger partial charge in [0.15, 0.2) is 5.75 Å². The quantitative estimate of drug-likeness (QED) is 0.351. The minimum atomic E-state index is -2.29. The van der Waals surface area contributed by atoms with Crippen LogP contribution in [0.15, 0.2) is 12.7 Å². The Balaban J connectivity index is 0.000000437. The summed E-state index contributed by atoms with van der Waals surface area (Å²) in [6.45, 7) is 2.96. The van der Waals surface area contributed by atoms with Crippen molar-refractivity contribution in [3.8, 4) is 5.75 Å². The number of carboxylic acid groups (broad SMARTS) is 1. The van der Waals surface area contributed by atoms with Crippen molar-refractivity contribution < 1.29 is 37.0 Å². The van der Waals surface area contributed by atoms with Crippen molar-refractivity contribution in [1.29, 1.82) is 0 Å². The van der Waals surface area contributed by atoms with Gasteiger partial charge in [0.2, 0.25) is 29.1 Å². The van der Waals surface area contributed by atoms with Crippen molar-refractivity contribution in [2.45, 2.75) is 0 Å². The average Bonchev–Trinajstić information content (AvgIpc) is 2.32. The van der Waals surface area contributed by atoms with Gasteiger partial charge in [-0.2, -0.15) is 8.78 Å². The summed E-state index contributed by atoms with van der Waals surface area (Å²) in [5.74, 6) is -13.9. The van der Waals surface area contributed by atoms with Crippen LogP contribution in [0.3, 0.4) is 0 Å². The summed E-state index contributed by atoms with van der Waals surface area (Å²) in [5.41, 5.74) is 0. The van der Waals surface area contributed by atoms with Gasteiger partial charge in [0.05, 0.1) is 0 Å². The second-order valence-electron chi connectivity index (χ2n) is 2.46. The maximum absolute atomic E-state index is 12.2. The highest BCUT2D eigenvalue weighted by atomic mass is 19.2. The van der Waals surface area contributed by atoms with Crippen LogP contribution < -0.4 is 0 Å². The Morgan fingerprint density at radius 3 is 1.41 bits per heavy atom. The van der Waals surface area contributed by atoms with Gasteiger partial charge in [-0.3, -0.25) is 0 Å². The third kappa shape index (κ3) is 3.44. The molecule has 0 aliphatic carbocycles. The number of phenolic OH excluding ortho intramolecular Hbond substituents is 1. The summed E-state index contributed by atoms with van der Waals surface area (Å²) in [6, 6.07) is 0. The number of hydrogen-bond acceptors (Lipinski definition) is 2. The molecule has 0 unspecified atom stereocenters. The van der Waals surface area contributed by atoms with Crippen molar-refractivity contribution >= 4 is 5.97 Å². The molecule has 17 heavy (non-hydrogen) atoms. The predicted molar refractivity (Wildman–Crippen MR) is 45.7 cm³/mol. The highest BCUT2D eigenvalue weighted by molar-refractivity contribution is 5.78. The number of phenols is 1. The van der Waals surface area contributed by atoms with Crippen molar-refractivity contribution in [3.63, 3.8) is 0 Å². The van der Waals surface area contributed by atoms with E-state index in [0.717, 1.165) is 6.08 Å². The molecule has 94 valence electrons. The van der Waals surface area contributed by atoms with Gasteiger partial charge in [0, 0.05) is 6.08 Å². The fourth-order valence-electron chi connectivity index (χ4n) is 0.593. The van der Waals surface area contributed by atoms with E-state index in [9.17, 15) is 26.7 Å². The summed E-state index contributed by atoms with van der Waals surface area (Å²) >= 11 is 0. The fraction of sp³-hybridized carbons (Fsp3) is 0. The van der Waals surface area contributed by atoms with Gasteiger partial charge in [-0.15, -0.1) is 0 Å². The van der Waals surface area contributed by atoms with Crippen molar-refractivity contribution in [2.24, 2.45) is 0 Å². The highest BCUT2D eigenvalue weighted by Gasteiger charge is 2.24. The highest BCUT2D eigenvalue weighted by Crippen LogP contribution is 2.27. The lowest BCUT2D eigenvalue weighted by atomic mass is 10.3. The van der Waals surface area contributed by atoms with Gasteiger partial charge in [-0.25, -0.2) is 18.0 Å². The van der Waals surface area contributed by atoms with Crippen LogP contribution in [0.1, 0.15) is 0 Å². The Bertz CT molecular complexity index is 353. The van der Waals surface area contributed by atoms with Crippen molar-refractivity contribution in [3.05, 3.63) is 41.7 Å². The smallest absolute Gasteiger partial charge is 0.327 e. The second kappa shape index (κ2) is 5.83. The first-order valence-electron chi connectivity index (χ1n) is 3.79. The van der Waals surface area contributed by atoms with E-state index in [4.69, 9.17) is 10.2 Å². The van der Waals surface area contributed by atoms with Gasteiger partial charge in [0.25, 0.3) is 0 Å². The van der Waals surface area contributed by atoms with Gasteiger partial charge < -0.3 is 10.2 Å². The standard InChI is InChI=1S/C6HF5O.C3H4O2/c7-1-2(8)4(10)6(12)5(11)3(1)9;1-2-3(4)5/h12H;2H,1H2,(H,4,5). The first-order valence-corrected chi connectivity index (χ1v) is 3.79. The zero-order valence-electron chi connectivity index (χ0n) is 7.98. The van der Waals surface area contributed by atoms with Gasteiger partial charge >= 0.3 is 5.97 Å². The van der Waals surface area contributed by atoms with E-state index >= 15 is 0 Å². The number of aliphatic carboxylic acids is 1. The number of hydrogen-bond donors (Lipinski definition) is 2. The summed E-state index contributed by atoms with van der Waals surface area (Å²) in [6.07, 6.45) is 0.833. The average molecular weight is 256 g/mol. The third-order valence-electron chi connectivity index (χ3n) is 1.36. The Kier molecular flexibility index (Phi) is 5.10. The number of aromatic hydroxyl groups is 1. The van der Waals surface area contributed by atoms with E-state index in [0.29, 0.717) is 0 Å². The molecule has 0 aliphatic heterocycles. The molecule has 0 saturated carbocycles. The molecule has 1 aromatic carbocycles. The van der Waals surface area contributed by atoms with Crippen LogP contribution in [0.25, 0.3) is 0 Å². The van der Waals surface area contributed by atoms with Crippen molar-refractivity contribution in [2.75, 3.05) is 0 Å². The third-order valence-corrected chi connectivity index (χ3v) is 1.36. The first kappa shape index (κ1) is 14.9. The number of benzene rings is 1. The predicted octanol–water partition coefficient (Wildman–Crippen LogP) is 2.34. The molecule has 0 atom stereocenters. The van der Waals surface area contributed by atoms with Crippen molar-refractivity contribution in [1.82, 2.24) is 0 Å². The number of carbonyl (C=O) groups is 1. The largest absolute Gasteiger partial charge is 0.503 e. The molecule has 0 aliphatic rings. The summed E-state index contributed by atoms with van der Waals surface area (Å²) < 4.78 is 60.6. The summed E-state index contributed by atoms with van der Waals surface area (Å²) in [7, 11) is 0. The van der Waals surface area contributed by atoms with E-state index in [1.54, 1.807) is 0 Å². The Morgan fingerprint density at radius 2 is 1.18 bits per heavy atom. The fourth-order valence-corrected chi connectivity index (χ4v) is 0.593. The molecule has 0 amide bonds. The van der Waals surface area contributed by atoms with Crippen LogP contribution in [-0.4, -0.2) is 16.2 Å². The lowest BCUT2D eigenvalue weighted by Gasteiger charge is -2.00. The molecule has 0 bridgehead atoms. The number of rotatable bonds is 1. The normalized spacial score (nSPS) is 9.24. The number of carboxylic acids is 1. The van der Waals surface area contributed by atoms with Gasteiger partial charge in [0.1, 0.15) is 0 Å². The second-order valence-corrected chi connectivity index (χ2v) is 2.46. The molecule has 1 rings (SSSR count). The molecule has 0 radical (unpaired) electrons. The van der Waals surface area contributed by atoms with E-state index in [-0.39, 0.29) is 0 Å². The van der Waals surface area contributed by atoms with E-state index < -0.39 is 40.8 Å². The topological polar surface area (TPSA) is 57.5 Å². The number of halogens is 5. The lowest BCUT2D eigenvalue weighted by Crippen LogP contribution is -2.00. The van der Waals surface area contributed by atoms with Crippen LogP contribution in [0, 0.1) is 29.1 Å². The molecule has 0 fully saturated rings. The zero-order valence-corrected chi connectivity index (χ0v) is 7.98. The minimum absolute atomic E-state index is 0.833. The Morgan fingerprint density at radius 1 is 0.941 bits per heavy atom. The van der Waals surface area contributed by atoms with E-state index in [1.165, 1.54) is 0 Å². The zero-order chi connectivity index (χ0) is 13.7. The van der Waals surface area contributed by atoms with Crippen LogP contribution in [0.2, 0.25) is 0 Å². The molecule has 0 aromatic heterocycles.